The van der Waals surface area contributed by atoms with Crippen LogP contribution in [0.4, 0.5) is 0 Å². The first-order valence-corrected chi connectivity index (χ1v) is 15.7. The second kappa shape index (κ2) is 20.0. The van der Waals surface area contributed by atoms with E-state index in [0.717, 1.165) is 34.4 Å². The van der Waals surface area contributed by atoms with Gasteiger partial charge in [0.1, 0.15) is 4.84 Å². The van der Waals surface area contributed by atoms with Gasteiger partial charge in [0.25, 0.3) is 11.8 Å². The predicted octanol–water partition coefficient (Wildman–Crippen LogP) is 5.93. The Hall–Kier alpha value is -1.96. The lowest BCUT2D eigenvalue weighted by Crippen LogP contribution is -2.21. The molecule has 12 heteroatoms. The number of carbonyl (C=O) groups excluding carboxylic acids is 2. The smallest absolute Gasteiger partial charge is 0.253 e. The van der Waals surface area contributed by atoms with E-state index < -0.39 is 9.05 Å². The lowest BCUT2D eigenvalue weighted by molar-refractivity contribution is 0.0820. The molecule has 0 unspecified atom stereocenters. The van der Waals surface area contributed by atoms with E-state index in [4.69, 9.17) is 39.1 Å². The largest absolute Gasteiger partial charge is 0.345 e. The van der Waals surface area contributed by atoms with Gasteiger partial charge in [0.2, 0.25) is 9.05 Å². The molecular formula is C27H38Cl3N3O4S2. The van der Waals surface area contributed by atoms with E-state index in [0.29, 0.717) is 12.0 Å². The molecule has 7 nitrogen and oxygen atoms in total. The summed E-state index contributed by atoms with van der Waals surface area (Å²) in [5.41, 5.74) is 5.55. The van der Waals surface area contributed by atoms with Gasteiger partial charge in [0.15, 0.2) is 0 Å². The van der Waals surface area contributed by atoms with Gasteiger partial charge in [-0.15, -0.1) is 23.2 Å². The summed E-state index contributed by atoms with van der Waals surface area (Å²) in [5, 5.41) is 6.50. The first-order chi connectivity index (χ1) is 18.0. The molecular weight excluding hydrogens is 601 g/mol. The monoisotopic (exact) mass is 637 g/mol. The van der Waals surface area contributed by atoms with Gasteiger partial charge in [0.05, 0.1) is 5.75 Å². The molecule has 0 bridgehead atoms. The molecule has 218 valence electrons. The van der Waals surface area contributed by atoms with Gasteiger partial charge in [-0.1, -0.05) is 12.1 Å². The van der Waals surface area contributed by atoms with Gasteiger partial charge in [-0.25, -0.2) is 13.7 Å². The summed E-state index contributed by atoms with van der Waals surface area (Å²) in [4.78, 5) is 26.3. The average Bonchev–Trinajstić information content (AvgIpc) is 2.84. The third-order valence-electron chi connectivity index (χ3n) is 4.99. The Bertz CT molecular complexity index is 1180. The molecule has 2 amide bonds. The highest BCUT2D eigenvalue weighted by molar-refractivity contribution is 8.13. The average molecular weight is 639 g/mol. The van der Waals surface area contributed by atoms with Crippen LogP contribution in [0, 0.1) is 25.7 Å². The van der Waals surface area contributed by atoms with Gasteiger partial charge in [-0.3, -0.25) is 9.59 Å². The molecule has 0 fully saturated rings. The predicted molar refractivity (Wildman–Crippen MR) is 167 cm³/mol. The number of amides is 2. The van der Waals surface area contributed by atoms with Gasteiger partial charge in [0, 0.05) is 56.6 Å². The Kier molecular flexibility index (Phi) is 20.1. The minimum Gasteiger partial charge on any atom is -0.345 e. The number of hydrogen-bond donors (Lipinski definition) is 1. The summed E-state index contributed by atoms with van der Waals surface area (Å²) in [6.07, 6.45) is 1.31. The quantitative estimate of drug-likeness (QED) is 0.230. The highest BCUT2D eigenvalue weighted by atomic mass is 35.7. The first-order valence-electron chi connectivity index (χ1n) is 11.7. The van der Waals surface area contributed by atoms with Crippen LogP contribution in [0.15, 0.2) is 36.4 Å². The molecule has 0 aliphatic heterocycles. The fourth-order valence-corrected chi connectivity index (χ4v) is 4.02. The van der Waals surface area contributed by atoms with E-state index in [1.54, 1.807) is 58.2 Å². The molecule has 0 aliphatic carbocycles. The third-order valence-corrected chi connectivity index (χ3v) is 6.37. The van der Waals surface area contributed by atoms with E-state index in [1.165, 1.54) is 10.5 Å². The molecule has 0 saturated carbocycles. The Balaban J connectivity index is 0. The highest BCUT2D eigenvalue weighted by Crippen LogP contribution is 2.15. The van der Waals surface area contributed by atoms with Crippen molar-refractivity contribution in [1.29, 1.82) is 5.26 Å². The Morgan fingerprint density at radius 3 is 1.46 bits per heavy atom. The molecule has 0 N–H and O–H groups in total. The molecule has 2 aromatic carbocycles. The molecule has 0 heterocycles. The zero-order valence-corrected chi connectivity index (χ0v) is 27.4. The van der Waals surface area contributed by atoms with E-state index in [9.17, 15) is 18.0 Å². The van der Waals surface area contributed by atoms with Crippen LogP contribution in [-0.2, 0) is 21.9 Å². The summed E-state index contributed by atoms with van der Waals surface area (Å²) in [5.74, 6) is 0.711. The van der Waals surface area contributed by atoms with Crippen molar-refractivity contribution in [2.45, 2.75) is 38.4 Å². The van der Waals surface area contributed by atoms with Crippen molar-refractivity contribution in [2.75, 3.05) is 39.7 Å². The molecule has 0 atom stereocenters. The number of nitriles is 1. The lowest BCUT2D eigenvalue weighted by Gasteiger charge is -2.12. The number of alkyl halides is 2. The van der Waals surface area contributed by atoms with Crippen molar-refractivity contribution in [1.82, 2.24) is 9.80 Å². The van der Waals surface area contributed by atoms with Gasteiger partial charge in [-0.05, 0) is 85.9 Å². The fraction of sp³-hybridized carbons (Fsp3) is 0.444. The number of rotatable bonds is 7. The normalized spacial score (nSPS) is 10.1. The molecule has 0 radical (unpaired) electrons. The van der Waals surface area contributed by atoms with Crippen LogP contribution < -0.4 is 0 Å². The zero-order valence-electron chi connectivity index (χ0n) is 23.4. The van der Waals surface area contributed by atoms with Gasteiger partial charge < -0.3 is 9.80 Å². The van der Waals surface area contributed by atoms with E-state index >= 15 is 0 Å². The van der Waals surface area contributed by atoms with Crippen LogP contribution >= 0.6 is 46.5 Å². The van der Waals surface area contributed by atoms with Crippen molar-refractivity contribution in [3.63, 3.8) is 0 Å². The minimum atomic E-state index is -3.48. The van der Waals surface area contributed by atoms with Crippen LogP contribution in [0.5, 0.6) is 0 Å². The fourth-order valence-electron chi connectivity index (χ4n) is 3.09. The Labute approximate surface area is 253 Å². The molecule has 0 aromatic heterocycles. The molecule has 2 rings (SSSR count). The molecule has 39 heavy (non-hydrogen) atoms. The summed E-state index contributed by atoms with van der Waals surface area (Å²) < 4.78 is 21.8. The van der Waals surface area contributed by atoms with Crippen molar-refractivity contribution < 1.29 is 18.0 Å². The van der Waals surface area contributed by atoms with E-state index in [2.05, 4.69) is 19.2 Å². The van der Waals surface area contributed by atoms with Crippen molar-refractivity contribution in [2.24, 2.45) is 0 Å². The first kappa shape index (κ1) is 39.2. The number of benzene rings is 2. The van der Waals surface area contributed by atoms with Gasteiger partial charge in [-0.2, -0.15) is 12.6 Å². The summed E-state index contributed by atoms with van der Waals surface area (Å²) in [7, 11) is 8.59. The van der Waals surface area contributed by atoms with Crippen LogP contribution in [-0.4, -0.2) is 74.6 Å². The number of halogens is 3. The summed E-state index contributed by atoms with van der Waals surface area (Å²) >= 11 is 14.3. The summed E-state index contributed by atoms with van der Waals surface area (Å²) in [6.45, 7) is 9.08. The molecule has 0 saturated heterocycles. The number of aryl methyl sites for hydroxylation is 4. The second-order valence-corrected chi connectivity index (χ2v) is 13.5. The molecule has 0 spiro atoms. The maximum Gasteiger partial charge on any atom is 0.253 e. The van der Waals surface area contributed by atoms with Crippen molar-refractivity contribution in [3.05, 3.63) is 69.8 Å². The third kappa shape index (κ3) is 17.4. The highest BCUT2D eigenvalue weighted by Gasteiger charge is 2.12. The number of carbonyl (C=O) groups is 2. The van der Waals surface area contributed by atoms with Gasteiger partial charge >= 0.3 is 0 Å². The maximum atomic E-state index is 11.7. The van der Waals surface area contributed by atoms with Crippen LogP contribution in [0.2, 0.25) is 0 Å². The van der Waals surface area contributed by atoms with Crippen LogP contribution in [0.3, 0.4) is 0 Å². The minimum absolute atomic E-state index is 0.0514. The van der Waals surface area contributed by atoms with Crippen LogP contribution in [0.1, 0.15) is 49.9 Å². The zero-order chi connectivity index (χ0) is 30.9. The second-order valence-electron chi connectivity index (χ2n) is 8.67. The standard InChI is InChI=1S/C12H16ClNO3S.C12H17NOS.C2H4Cl2.CHN/c1-9-8-11(12(15)14(2)3)5-4-10(9)6-7-18(13,16)17;1-9-8-11(12(14)13(2)3)5-4-10(9)6-7-15;1-2(3)4;1-2/h4-5,8H,6-7H2,1-3H3;4-5,8,15H,6-7H2,1-3H3;2H,1H3;1H. The number of thiol groups is 1. The molecule has 2 aromatic rings. The Morgan fingerprint density at radius 2 is 1.21 bits per heavy atom. The maximum absolute atomic E-state index is 11.7. The number of hydrogen-bond acceptors (Lipinski definition) is 6. The van der Waals surface area contributed by atoms with E-state index in [-0.39, 0.29) is 22.4 Å². The van der Waals surface area contributed by atoms with Crippen LogP contribution in [0.25, 0.3) is 0 Å². The van der Waals surface area contributed by atoms with E-state index in [1.807, 2.05) is 32.0 Å². The summed E-state index contributed by atoms with van der Waals surface area (Å²) in [6, 6.07) is 11.1. The Morgan fingerprint density at radius 1 is 0.872 bits per heavy atom. The lowest BCUT2D eigenvalue weighted by atomic mass is 10.0. The number of nitrogens with zero attached hydrogens (tertiary/aromatic N) is 3. The van der Waals surface area contributed by atoms with Crippen molar-refractivity contribution >= 4 is 67.4 Å². The van der Waals surface area contributed by atoms with Crippen molar-refractivity contribution in [3.8, 4) is 6.57 Å². The SMILES string of the molecule is C#N.CC(Cl)Cl.Cc1cc(C(=O)N(C)C)ccc1CCS.Cc1cc(C(=O)N(C)C)ccc1CCS(=O)(=O)Cl. The topological polar surface area (TPSA) is 98.5 Å². The molecule has 0 aliphatic rings.